The number of ether oxygens (including phenoxy) is 1. The molecule has 4 heteroatoms. The lowest BCUT2D eigenvalue weighted by Gasteiger charge is -2.31. The van der Waals surface area contributed by atoms with Crippen LogP contribution in [0.15, 0.2) is 18.2 Å². The van der Waals surface area contributed by atoms with Crippen LogP contribution < -0.4 is 0 Å². The van der Waals surface area contributed by atoms with Crippen molar-refractivity contribution >= 4 is 5.97 Å². The lowest BCUT2D eigenvalue weighted by Crippen LogP contribution is -2.41. The van der Waals surface area contributed by atoms with E-state index in [0.29, 0.717) is 11.1 Å². The van der Waals surface area contributed by atoms with Crippen LogP contribution >= 0.6 is 0 Å². The molecule has 94 valence electrons. The summed E-state index contributed by atoms with van der Waals surface area (Å²) in [6.07, 6.45) is -1.01. The van der Waals surface area contributed by atoms with Gasteiger partial charge in [-0.15, -0.1) is 0 Å². The topological polar surface area (TPSA) is 46.5 Å². The van der Waals surface area contributed by atoms with Crippen molar-refractivity contribution in [3.8, 4) is 0 Å². The third kappa shape index (κ3) is 2.64. The Kier molecular flexibility index (Phi) is 3.88. The van der Waals surface area contributed by atoms with Crippen molar-refractivity contribution in [1.29, 1.82) is 0 Å². The van der Waals surface area contributed by atoms with Crippen LogP contribution in [-0.4, -0.2) is 24.3 Å². The van der Waals surface area contributed by atoms with Gasteiger partial charge in [0.05, 0.1) is 0 Å². The Labute approximate surface area is 100 Å². The molecule has 0 saturated carbocycles. The highest BCUT2D eigenvalue weighted by Crippen LogP contribution is 2.30. The molecule has 17 heavy (non-hydrogen) atoms. The molecule has 0 spiro atoms. The quantitative estimate of drug-likeness (QED) is 0.879. The predicted molar refractivity (Wildman–Crippen MR) is 62.6 cm³/mol. The maximum absolute atomic E-state index is 13.5. The average molecular weight is 240 g/mol. The Morgan fingerprint density at radius 3 is 2.47 bits per heavy atom. The molecule has 3 nitrogen and oxygen atoms in total. The Hall–Kier alpha value is -1.42. The fourth-order valence-corrected chi connectivity index (χ4v) is 1.85. The van der Waals surface area contributed by atoms with Crippen LogP contribution in [0.3, 0.4) is 0 Å². The first-order valence-corrected chi connectivity index (χ1v) is 5.33. The van der Waals surface area contributed by atoms with Crippen LogP contribution in [0.2, 0.25) is 0 Å². The molecule has 0 aromatic heterocycles. The fourth-order valence-electron chi connectivity index (χ4n) is 1.85. The summed E-state index contributed by atoms with van der Waals surface area (Å²) in [6.45, 7) is 5.11. The Balaban J connectivity index is 3.19. The van der Waals surface area contributed by atoms with E-state index in [4.69, 9.17) is 9.84 Å². The highest BCUT2D eigenvalue weighted by Gasteiger charge is 2.37. The van der Waals surface area contributed by atoms with Gasteiger partial charge in [0, 0.05) is 12.5 Å². The minimum atomic E-state index is -1.06. The van der Waals surface area contributed by atoms with Gasteiger partial charge in [-0.2, -0.15) is 0 Å². The second kappa shape index (κ2) is 4.84. The molecule has 0 saturated heterocycles. The van der Waals surface area contributed by atoms with E-state index in [1.807, 2.05) is 0 Å². The van der Waals surface area contributed by atoms with Crippen molar-refractivity contribution in [2.45, 2.75) is 32.3 Å². The predicted octanol–water partition coefficient (Wildman–Crippen LogP) is 2.51. The zero-order chi connectivity index (χ0) is 13.2. The summed E-state index contributed by atoms with van der Waals surface area (Å²) in [5.41, 5.74) is 0.346. The summed E-state index contributed by atoms with van der Waals surface area (Å²) >= 11 is 0. The number of aliphatic carboxylic acids is 1. The molecule has 1 unspecified atom stereocenters. The molecule has 1 rings (SSSR count). The molecule has 1 N–H and O–H groups in total. The molecule has 0 fully saturated rings. The summed E-state index contributed by atoms with van der Waals surface area (Å²) in [6, 6.07) is 4.73. The fraction of sp³-hybridized carbons (Fsp3) is 0.462. The van der Waals surface area contributed by atoms with Crippen molar-refractivity contribution < 1.29 is 19.0 Å². The average Bonchev–Trinajstić information content (AvgIpc) is 2.21. The number of hydrogen-bond donors (Lipinski definition) is 1. The van der Waals surface area contributed by atoms with Gasteiger partial charge in [-0.3, -0.25) is 0 Å². The number of hydrogen-bond acceptors (Lipinski definition) is 2. The molecule has 1 aromatic carbocycles. The van der Waals surface area contributed by atoms with E-state index < -0.39 is 17.5 Å². The van der Waals surface area contributed by atoms with Crippen molar-refractivity contribution in [3.05, 3.63) is 35.1 Å². The zero-order valence-corrected chi connectivity index (χ0v) is 10.5. The third-order valence-corrected chi connectivity index (χ3v) is 3.03. The smallest absolute Gasteiger partial charge is 0.333 e. The standard InChI is InChI=1S/C13H17FO3/c1-8-5-6-9(7-10(8)14)13(2,3)11(17-4)12(15)16/h5-7,11H,1-4H3,(H,15,16). The van der Waals surface area contributed by atoms with Crippen molar-refractivity contribution in [2.24, 2.45) is 0 Å². The number of rotatable bonds is 4. The van der Waals surface area contributed by atoms with Gasteiger partial charge < -0.3 is 9.84 Å². The van der Waals surface area contributed by atoms with E-state index in [1.54, 1.807) is 32.9 Å². The lowest BCUT2D eigenvalue weighted by atomic mass is 9.79. The van der Waals surface area contributed by atoms with Gasteiger partial charge in [-0.1, -0.05) is 26.0 Å². The second-order valence-corrected chi connectivity index (χ2v) is 4.64. The highest BCUT2D eigenvalue weighted by atomic mass is 19.1. The maximum Gasteiger partial charge on any atom is 0.333 e. The monoisotopic (exact) mass is 240 g/mol. The highest BCUT2D eigenvalue weighted by molar-refractivity contribution is 5.74. The molecule has 0 aliphatic rings. The van der Waals surface area contributed by atoms with Gasteiger partial charge in [0.25, 0.3) is 0 Å². The SMILES string of the molecule is COC(C(=O)O)C(C)(C)c1ccc(C)c(F)c1. The van der Waals surface area contributed by atoms with E-state index in [-0.39, 0.29) is 5.82 Å². The van der Waals surface area contributed by atoms with E-state index in [0.717, 1.165) is 0 Å². The lowest BCUT2D eigenvalue weighted by molar-refractivity contribution is -0.152. The van der Waals surface area contributed by atoms with Crippen LogP contribution in [0.4, 0.5) is 4.39 Å². The van der Waals surface area contributed by atoms with Gasteiger partial charge in [0.2, 0.25) is 0 Å². The molecule has 0 bridgehead atoms. The number of benzene rings is 1. The summed E-state index contributed by atoms with van der Waals surface area (Å²) in [5, 5.41) is 9.08. The van der Waals surface area contributed by atoms with E-state index in [2.05, 4.69) is 0 Å². The number of carboxylic acids is 1. The van der Waals surface area contributed by atoms with Crippen molar-refractivity contribution in [2.75, 3.05) is 7.11 Å². The first-order chi connectivity index (χ1) is 7.80. The van der Waals surface area contributed by atoms with Crippen molar-refractivity contribution in [1.82, 2.24) is 0 Å². The molecule has 0 aliphatic heterocycles. The van der Waals surface area contributed by atoms with Crippen LogP contribution in [0.5, 0.6) is 0 Å². The Morgan fingerprint density at radius 2 is 2.06 bits per heavy atom. The van der Waals surface area contributed by atoms with Crippen LogP contribution in [0, 0.1) is 12.7 Å². The zero-order valence-electron chi connectivity index (χ0n) is 10.5. The van der Waals surface area contributed by atoms with Gasteiger partial charge in [-0.25, -0.2) is 9.18 Å². The second-order valence-electron chi connectivity index (χ2n) is 4.64. The minimum Gasteiger partial charge on any atom is -0.479 e. The molecule has 0 aliphatic carbocycles. The van der Waals surface area contributed by atoms with E-state index >= 15 is 0 Å². The number of halogens is 1. The van der Waals surface area contributed by atoms with E-state index in [9.17, 15) is 9.18 Å². The minimum absolute atomic E-state index is 0.337. The molecule has 1 aromatic rings. The molecular formula is C13H17FO3. The van der Waals surface area contributed by atoms with Gasteiger partial charge in [0.15, 0.2) is 6.10 Å². The van der Waals surface area contributed by atoms with Gasteiger partial charge >= 0.3 is 5.97 Å². The summed E-state index contributed by atoms with van der Waals surface area (Å²) in [5.74, 6) is -1.39. The largest absolute Gasteiger partial charge is 0.479 e. The Morgan fingerprint density at radius 1 is 1.47 bits per heavy atom. The van der Waals surface area contributed by atoms with Crippen LogP contribution in [0.25, 0.3) is 0 Å². The number of aryl methyl sites for hydroxylation is 1. The number of carboxylic acid groups (broad SMARTS) is 1. The maximum atomic E-state index is 13.5. The first-order valence-electron chi connectivity index (χ1n) is 5.33. The molecule has 1 atom stereocenters. The third-order valence-electron chi connectivity index (χ3n) is 3.03. The van der Waals surface area contributed by atoms with Crippen molar-refractivity contribution in [3.63, 3.8) is 0 Å². The molecular weight excluding hydrogens is 223 g/mol. The van der Waals surface area contributed by atoms with E-state index in [1.165, 1.54) is 13.2 Å². The summed E-state index contributed by atoms with van der Waals surface area (Å²) in [4.78, 5) is 11.1. The number of methoxy groups -OCH3 is 1. The first kappa shape index (κ1) is 13.6. The summed E-state index contributed by atoms with van der Waals surface area (Å²) < 4.78 is 18.5. The Bertz CT molecular complexity index is 427. The van der Waals surface area contributed by atoms with Gasteiger partial charge in [-0.05, 0) is 24.1 Å². The van der Waals surface area contributed by atoms with Gasteiger partial charge in [0.1, 0.15) is 5.82 Å². The normalized spacial score (nSPS) is 13.5. The molecule has 0 amide bonds. The van der Waals surface area contributed by atoms with Crippen LogP contribution in [-0.2, 0) is 14.9 Å². The molecule has 0 heterocycles. The van der Waals surface area contributed by atoms with Crippen LogP contribution in [0.1, 0.15) is 25.0 Å². The number of carbonyl (C=O) groups is 1. The molecule has 0 radical (unpaired) electrons. The summed E-state index contributed by atoms with van der Waals surface area (Å²) in [7, 11) is 1.34.